The molecule has 124 valence electrons. The van der Waals surface area contributed by atoms with E-state index < -0.39 is 41.9 Å². The molecule has 1 rings (SSSR count). The molecule has 1 aliphatic rings. The number of rotatable bonds is 8. The Labute approximate surface area is 126 Å². The summed E-state index contributed by atoms with van der Waals surface area (Å²) < 4.78 is 0. The SMILES string of the molecule is C[C@H](NC(CCC(=O)O)C(=O)O)C(=O)N1CCC[C@H]1C(=O)O. The zero-order chi connectivity index (χ0) is 16.9. The van der Waals surface area contributed by atoms with Crippen LogP contribution in [0.5, 0.6) is 0 Å². The van der Waals surface area contributed by atoms with Gasteiger partial charge < -0.3 is 20.2 Å². The maximum absolute atomic E-state index is 12.2. The second kappa shape index (κ2) is 7.74. The van der Waals surface area contributed by atoms with Crippen LogP contribution in [0.1, 0.15) is 32.6 Å². The van der Waals surface area contributed by atoms with Crippen molar-refractivity contribution in [3.8, 4) is 0 Å². The first-order valence-electron chi connectivity index (χ1n) is 6.98. The van der Waals surface area contributed by atoms with E-state index in [1.807, 2.05) is 0 Å². The molecule has 1 heterocycles. The van der Waals surface area contributed by atoms with E-state index in [1.165, 1.54) is 11.8 Å². The molecule has 1 aliphatic heterocycles. The van der Waals surface area contributed by atoms with Crippen LogP contribution in [0.25, 0.3) is 0 Å². The number of nitrogens with zero attached hydrogens (tertiary/aromatic N) is 1. The van der Waals surface area contributed by atoms with Gasteiger partial charge in [0.25, 0.3) is 0 Å². The summed E-state index contributed by atoms with van der Waals surface area (Å²) in [7, 11) is 0. The van der Waals surface area contributed by atoms with Crippen molar-refractivity contribution < 1.29 is 34.5 Å². The van der Waals surface area contributed by atoms with E-state index in [0.29, 0.717) is 19.4 Å². The van der Waals surface area contributed by atoms with Gasteiger partial charge in [-0.25, -0.2) is 4.79 Å². The third-order valence-electron chi connectivity index (χ3n) is 3.59. The van der Waals surface area contributed by atoms with Crippen molar-refractivity contribution in [3.05, 3.63) is 0 Å². The number of carbonyl (C=O) groups excluding carboxylic acids is 1. The normalized spacial score (nSPS) is 20.4. The molecule has 1 amide bonds. The molecule has 9 heteroatoms. The summed E-state index contributed by atoms with van der Waals surface area (Å²) in [6, 6.07) is -2.98. The van der Waals surface area contributed by atoms with Gasteiger partial charge in [-0.05, 0) is 26.2 Å². The molecule has 0 aromatic carbocycles. The third kappa shape index (κ3) is 4.69. The molecule has 0 saturated carbocycles. The number of carboxylic acid groups (broad SMARTS) is 3. The molecule has 0 aromatic heterocycles. The van der Waals surface area contributed by atoms with Gasteiger partial charge in [-0.1, -0.05) is 0 Å². The van der Waals surface area contributed by atoms with E-state index in [9.17, 15) is 19.2 Å². The Hall–Kier alpha value is -2.16. The van der Waals surface area contributed by atoms with E-state index in [1.54, 1.807) is 0 Å². The highest BCUT2D eigenvalue weighted by Gasteiger charge is 2.36. The van der Waals surface area contributed by atoms with Gasteiger partial charge in [-0.2, -0.15) is 0 Å². The minimum Gasteiger partial charge on any atom is -0.481 e. The van der Waals surface area contributed by atoms with Crippen molar-refractivity contribution in [1.29, 1.82) is 0 Å². The summed E-state index contributed by atoms with van der Waals surface area (Å²) in [4.78, 5) is 46.1. The second-order valence-electron chi connectivity index (χ2n) is 5.24. The number of carbonyl (C=O) groups is 4. The van der Waals surface area contributed by atoms with Gasteiger partial charge in [0.2, 0.25) is 5.91 Å². The van der Waals surface area contributed by atoms with Crippen LogP contribution in [-0.2, 0) is 19.2 Å². The van der Waals surface area contributed by atoms with Gasteiger partial charge in [-0.15, -0.1) is 0 Å². The largest absolute Gasteiger partial charge is 0.481 e. The lowest BCUT2D eigenvalue weighted by Gasteiger charge is -2.27. The van der Waals surface area contributed by atoms with Gasteiger partial charge in [-0.3, -0.25) is 19.7 Å². The number of nitrogens with one attached hydrogen (secondary N) is 1. The van der Waals surface area contributed by atoms with E-state index in [-0.39, 0.29) is 12.8 Å². The molecular weight excluding hydrogens is 296 g/mol. The monoisotopic (exact) mass is 316 g/mol. The van der Waals surface area contributed by atoms with E-state index in [0.717, 1.165) is 0 Å². The first kappa shape index (κ1) is 17.9. The summed E-state index contributed by atoms with van der Waals surface area (Å²) in [6.07, 6.45) is 0.447. The van der Waals surface area contributed by atoms with Gasteiger partial charge in [0.15, 0.2) is 0 Å². The quantitative estimate of drug-likeness (QED) is 0.463. The number of hydrogen-bond donors (Lipinski definition) is 4. The maximum Gasteiger partial charge on any atom is 0.326 e. The first-order chi connectivity index (χ1) is 10.2. The van der Waals surface area contributed by atoms with Crippen molar-refractivity contribution in [3.63, 3.8) is 0 Å². The number of carboxylic acids is 3. The summed E-state index contributed by atoms with van der Waals surface area (Å²) in [5.74, 6) is -3.96. The van der Waals surface area contributed by atoms with Crippen LogP contribution in [-0.4, -0.2) is 68.7 Å². The third-order valence-corrected chi connectivity index (χ3v) is 3.59. The lowest BCUT2D eigenvalue weighted by Crippen LogP contribution is -2.53. The smallest absolute Gasteiger partial charge is 0.326 e. The lowest BCUT2D eigenvalue weighted by molar-refractivity contribution is -0.149. The fraction of sp³-hybridized carbons (Fsp3) is 0.692. The van der Waals surface area contributed by atoms with Crippen LogP contribution < -0.4 is 5.32 Å². The summed E-state index contributed by atoms with van der Waals surface area (Å²) in [6.45, 7) is 1.75. The summed E-state index contributed by atoms with van der Waals surface area (Å²) in [5, 5.41) is 29.3. The highest BCUT2D eigenvalue weighted by Crippen LogP contribution is 2.18. The Balaban J connectivity index is 2.66. The standard InChI is InChI=1S/C13H20N2O7/c1-7(14-8(12(19)20)4-5-10(16)17)11(18)15-6-2-3-9(15)13(21)22/h7-9,14H,2-6H2,1H3,(H,16,17)(H,19,20)(H,21,22)/t7-,8?,9-/m0/s1. The fourth-order valence-electron chi connectivity index (χ4n) is 2.45. The topological polar surface area (TPSA) is 144 Å². The van der Waals surface area contributed by atoms with Crippen molar-refractivity contribution in [2.45, 2.75) is 50.7 Å². The lowest BCUT2D eigenvalue weighted by atomic mass is 10.1. The number of aliphatic carboxylic acids is 3. The average Bonchev–Trinajstić information content (AvgIpc) is 2.91. The van der Waals surface area contributed by atoms with Crippen LogP contribution in [0.2, 0.25) is 0 Å². The van der Waals surface area contributed by atoms with Crippen LogP contribution >= 0.6 is 0 Å². The molecule has 1 saturated heterocycles. The number of hydrogen-bond acceptors (Lipinski definition) is 5. The van der Waals surface area contributed by atoms with E-state index in [4.69, 9.17) is 15.3 Å². The zero-order valence-electron chi connectivity index (χ0n) is 12.2. The van der Waals surface area contributed by atoms with Crippen molar-refractivity contribution in [1.82, 2.24) is 10.2 Å². The molecular formula is C13H20N2O7. The molecule has 0 aromatic rings. The molecule has 22 heavy (non-hydrogen) atoms. The van der Waals surface area contributed by atoms with Gasteiger partial charge in [0.1, 0.15) is 12.1 Å². The Bertz CT molecular complexity index is 465. The number of likely N-dealkylation sites (tertiary alicyclic amines) is 1. The van der Waals surface area contributed by atoms with E-state index in [2.05, 4.69) is 5.32 Å². The summed E-state index contributed by atoms with van der Waals surface area (Å²) in [5.41, 5.74) is 0. The predicted molar refractivity (Wildman–Crippen MR) is 73.3 cm³/mol. The van der Waals surface area contributed by atoms with Crippen molar-refractivity contribution >= 4 is 23.8 Å². The average molecular weight is 316 g/mol. The zero-order valence-corrected chi connectivity index (χ0v) is 12.2. The highest BCUT2D eigenvalue weighted by molar-refractivity contribution is 5.88. The van der Waals surface area contributed by atoms with Crippen LogP contribution in [0.15, 0.2) is 0 Å². The molecule has 1 unspecified atom stereocenters. The second-order valence-corrected chi connectivity index (χ2v) is 5.24. The van der Waals surface area contributed by atoms with Gasteiger partial charge in [0, 0.05) is 13.0 Å². The molecule has 1 fully saturated rings. The molecule has 0 aliphatic carbocycles. The Morgan fingerprint density at radius 3 is 2.36 bits per heavy atom. The fourth-order valence-corrected chi connectivity index (χ4v) is 2.45. The molecule has 4 N–H and O–H groups in total. The van der Waals surface area contributed by atoms with E-state index >= 15 is 0 Å². The maximum atomic E-state index is 12.2. The Morgan fingerprint density at radius 1 is 1.23 bits per heavy atom. The molecule has 0 spiro atoms. The van der Waals surface area contributed by atoms with Crippen LogP contribution in [0.3, 0.4) is 0 Å². The Morgan fingerprint density at radius 2 is 1.86 bits per heavy atom. The van der Waals surface area contributed by atoms with Crippen molar-refractivity contribution in [2.75, 3.05) is 6.54 Å². The van der Waals surface area contributed by atoms with Crippen LogP contribution in [0.4, 0.5) is 0 Å². The molecule has 0 bridgehead atoms. The molecule has 0 radical (unpaired) electrons. The minimum absolute atomic E-state index is 0.162. The first-order valence-corrected chi connectivity index (χ1v) is 6.98. The number of amides is 1. The van der Waals surface area contributed by atoms with Crippen molar-refractivity contribution in [2.24, 2.45) is 0 Å². The van der Waals surface area contributed by atoms with Crippen LogP contribution in [0, 0.1) is 0 Å². The van der Waals surface area contributed by atoms with Gasteiger partial charge in [0.05, 0.1) is 6.04 Å². The molecule has 3 atom stereocenters. The highest BCUT2D eigenvalue weighted by atomic mass is 16.4. The Kier molecular flexibility index (Phi) is 6.29. The predicted octanol–water partition coefficient (Wildman–Crippen LogP) is -0.642. The summed E-state index contributed by atoms with van der Waals surface area (Å²) >= 11 is 0. The minimum atomic E-state index is -1.25. The molecule has 9 nitrogen and oxygen atoms in total. The van der Waals surface area contributed by atoms with Gasteiger partial charge >= 0.3 is 17.9 Å².